The largest absolute Gasteiger partial charge is 0.319 e. The van der Waals surface area contributed by atoms with Crippen LogP contribution in [0.1, 0.15) is 5.56 Å². The normalized spacial score (nSPS) is 8.90. The van der Waals surface area contributed by atoms with E-state index in [1.165, 1.54) is 6.20 Å². The maximum atomic E-state index is 8.04. The van der Waals surface area contributed by atoms with Gasteiger partial charge in [-0.3, -0.25) is 10.4 Å². The van der Waals surface area contributed by atoms with Gasteiger partial charge in [-0.1, -0.05) is 0 Å². The van der Waals surface area contributed by atoms with E-state index in [1.807, 2.05) is 0 Å². The van der Waals surface area contributed by atoms with E-state index in [2.05, 4.69) is 9.87 Å². The highest BCUT2D eigenvalue weighted by Gasteiger charge is 1.98. The van der Waals surface area contributed by atoms with Crippen LogP contribution >= 0.6 is 0 Å². The maximum absolute atomic E-state index is 8.04. The summed E-state index contributed by atoms with van der Waals surface area (Å²) in [6.45, 7) is 0. The first-order chi connectivity index (χ1) is 4.84. The molecule has 0 saturated carbocycles. The van der Waals surface area contributed by atoms with E-state index in [0.717, 1.165) is 0 Å². The van der Waals surface area contributed by atoms with Gasteiger partial charge in [-0.15, -0.1) is 0 Å². The van der Waals surface area contributed by atoms with Crippen molar-refractivity contribution in [1.29, 1.82) is 5.41 Å². The lowest BCUT2D eigenvalue weighted by Gasteiger charge is -1.95. The summed E-state index contributed by atoms with van der Waals surface area (Å²) in [6, 6.07) is 3.27. The van der Waals surface area contributed by atoms with E-state index >= 15 is 0 Å². The fraction of sp³-hybridized carbons (Fsp3) is 0. The Bertz CT molecular complexity index is 222. The Morgan fingerprint density at radius 1 is 1.70 bits per heavy atom. The lowest BCUT2D eigenvalue weighted by molar-refractivity contribution is -0.154. The molecule has 0 atom stereocenters. The maximum Gasteiger partial charge on any atom is 0.257 e. The lowest BCUT2D eigenvalue weighted by atomic mass is 10.3. The molecule has 0 amide bonds. The summed E-state index contributed by atoms with van der Waals surface area (Å²) in [5.74, 6) is -0.298. The summed E-state index contributed by atoms with van der Waals surface area (Å²) >= 11 is 0. The molecule has 1 heterocycles. The minimum absolute atomic E-state index is 0.298. The standard InChI is InChI=1S/C6H6N2O2/c7-6(10-9)5-2-1-3-8-4-5/h1-4,7,9H. The van der Waals surface area contributed by atoms with Crippen molar-refractivity contribution in [2.75, 3.05) is 0 Å². The predicted octanol–water partition coefficient (Wildman–Crippen LogP) is 0.897. The lowest BCUT2D eigenvalue weighted by Crippen LogP contribution is -2.01. The molecule has 1 aromatic heterocycles. The molecule has 0 fully saturated rings. The second kappa shape index (κ2) is 2.93. The van der Waals surface area contributed by atoms with Crippen molar-refractivity contribution >= 4 is 5.90 Å². The molecular formula is C6H6N2O2. The summed E-state index contributed by atoms with van der Waals surface area (Å²) < 4.78 is 0. The number of hydrogen-bond acceptors (Lipinski definition) is 4. The highest BCUT2D eigenvalue weighted by molar-refractivity contribution is 5.90. The van der Waals surface area contributed by atoms with E-state index in [1.54, 1.807) is 18.3 Å². The van der Waals surface area contributed by atoms with Crippen molar-refractivity contribution < 1.29 is 10.1 Å². The number of nitrogens with one attached hydrogen (secondary N) is 1. The molecule has 52 valence electrons. The van der Waals surface area contributed by atoms with Gasteiger partial charge in [0.2, 0.25) is 0 Å². The van der Waals surface area contributed by atoms with Gasteiger partial charge < -0.3 is 4.89 Å². The third kappa shape index (κ3) is 1.29. The first-order valence-electron chi connectivity index (χ1n) is 2.65. The van der Waals surface area contributed by atoms with Crippen LogP contribution in [0.5, 0.6) is 0 Å². The van der Waals surface area contributed by atoms with Gasteiger partial charge in [0.25, 0.3) is 5.90 Å². The third-order valence-corrected chi connectivity index (χ3v) is 1.02. The van der Waals surface area contributed by atoms with Gasteiger partial charge in [0.05, 0.1) is 5.56 Å². The fourth-order valence-electron chi connectivity index (χ4n) is 0.550. The molecule has 10 heavy (non-hydrogen) atoms. The zero-order valence-electron chi connectivity index (χ0n) is 5.11. The highest BCUT2D eigenvalue weighted by Crippen LogP contribution is 1.96. The molecule has 0 saturated heterocycles. The second-order valence-electron chi connectivity index (χ2n) is 1.66. The van der Waals surface area contributed by atoms with Crippen LogP contribution in [0.15, 0.2) is 24.5 Å². The van der Waals surface area contributed by atoms with Crippen LogP contribution < -0.4 is 0 Å². The number of aromatic nitrogens is 1. The molecule has 4 nitrogen and oxygen atoms in total. The molecule has 1 rings (SSSR count). The summed E-state index contributed by atoms with van der Waals surface area (Å²) in [5, 5.41) is 15.0. The number of nitrogens with zero attached hydrogens (tertiary/aromatic N) is 1. The first-order valence-corrected chi connectivity index (χ1v) is 2.65. The van der Waals surface area contributed by atoms with Gasteiger partial charge in [0.1, 0.15) is 0 Å². The minimum Gasteiger partial charge on any atom is -0.319 e. The Balaban J connectivity index is 2.85. The third-order valence-electron chi connectivity index (χ3n) is 1.02. The van der Waals surface area contributed by atoms with E-state index in [4.69, 9.17) is 10.7 Å². The number of pyridine rings is 1. The molecule has 0 aliphatic carbocycles. The quantitative estimate of drug-likeness (QED) is 0.262. The Morgan fingerprint density at radius 2 is 2.50 bits per heavy atom. The summed E-state index contributed by atoms with van der Waals surface area (Å²) in [7, 11) is 0. The van der Waals surface area contributed by atoms with Crippen molar-refractivity contribution in [1.82, 2.24) is 4.98 Å². The van der Waals surface area contributed by atoms with Crippen molar-refractivity contribution in [3.05, 3.63) is 30.1 Å². The van der Waals surface area contributed by atoms with Gasteiger partial charge in [0.15, 0.2) is 0 Å². The molecule has 0 unspecified atom stereocenters. The predicted molar refractivity (Wildman–Crippen MR) is 34.8 cm³/mol. The zero-order chi connectivity index (χ0) is 7.40. The topological polar surface area (TPSA) is 66.2 Å². The van der Waals surface area contributed by atoms with Gasteiger partial charge in [0, 0.05) is 12.4 Å². The van der Waals surface area contributed by atoms with Crippen LogP contribution in [0, 0.1) is 5.41 Å². The van der Waals surface area contributed by atoms with Crippen molar-refractivity contribution in [3.8, 4) is 0 Å². The Labute approximate surface area is 57.5 Å². The van der Waals surface area contributed by atoms with Crippen molar-refractivity contribution in [2.24, 2.45) is 0 Å². The van der Waals surface area contributed by atoms with E-state index in [9.17, 15) is 0 Å². The molecule has 0 aliphatic rings. The van der Waals surface area contributed by atoms with Gasteiger partial charge in [-0.2, -0.15) is 0 Å². The fourth-order valence-corrected chi connectivity index (χ4v) is 0.550. The van der Waals surface area contributed by atoms with Crippen molar-refractivity contribution in [2.45, 2.75) is 0 Å². The molecule has 1 aromatic rings. The van der Waals surface area contributed by atoms with Crippen LogP contribution in [0.4, 0.5) is 0 Å². The first kappa shape index (κ1) is 6.70. The number of hydrogen-bond donors (Lipinski definition) is 2. The van der Waals surface area contributed by atoms with Gasteiger partial charge >= 0.3 is 0 Å². The van der Waals surface area contributed by atoms with Gasteiger partial charge in [-0.05, 0) is 12.1 Å². The van der Waals surface area contributed by atoms with E-state index < -0.39 is 0 Å². The molecule has 0 bridgehead atoms. The Morgan fingerprint density at radius 3 is 3.00 bits per heavy atom. The monoisotopic (exact) mass is 138 g/mol. The van der Waals surface area contributed by atoms with E-state index in [0.29, 0.717) is 5.56 Å². The second-order valence-corrected chi connectivity index (χ2v) is 1.66. The van der Waals surface area contributed by atoms with Crippen LogP contribution in [0.3, 0.4) is 0 Å². The molecule has 0 radical (unpaired) electrons. The number of rotatable bonds is 1. The van der Waals surface area contributed by atoms with Crippen LogP contribution in [0.25, 0.3) is 0 Å². The summed E-state index contributed by atoms with van der Waals surface area (Å²) in [5.41, 5.74) is 0.449. The van der Waals surface area contributed by atoms with Crippen LogP contribution in [-0.2, 0) is 4.89 Å². The Hall–Kier alpha value is -1.42. The average Bonchev–Trinajstić information content (AvgIpc) is 2.05. The average molecular weight is 138 g/mol. The molecule has 2 N–H and O–H groups in total. The van der Waals surface area contributed by atoms with Crippen molar-refractivity contribution in [3.63, 3.8) is 0 Å². The highest BCUT2D eigenvalue weighted by atomic mass is 17.1. The molecule has 0 aromatic carbocycles. The minimum atomic E-state index is -0.298. The summed E-state index contributed by atoms with van der Waals surface area (Å²) in [6.07, 6.45) is 3.01. The van der Waals surface area contributed by atoms with E-state index in [-0.39, 0.29) is 5.90 Å². The zero-order valence-corrected chi connectivity index (χ0v) is 5.11. The van der Waals surface area contributed by atoms with Crippen LogP contribution in [0.2, 0.25) is 0 Å². The molecule has 0 spiro atoms. The molecular weight excluding hydrogens is 132 g/mol. The molecule has 0 aliphatic heterocycles. The SMILES string of the molecule is N=C(OO)c1cccnc1. The Kier molecular flexibility index (Phi) is 1.96. The smallest absolute Gasteiger partial charge is 0.257 e. The van der Waals surface area contributed by atoms with Gasteiger partial charge in [-0.25, -0.2) is 5.26 Å². The van der Waals surface area contributed by atoms with Crippen LogP contribution in [-0.4, -0.2) is 16.1 Å². The molecule has 4 heteroatoms. The summed E-state index contributed by atoms with van der Waals surface area (Å²) in [4.78, 5) is 7.40.